The van der Waals surface area contributed by atoms with Crippen LogP contribution in [0.25, 0.3) is 0 Å². The van der Waals surface area contributed by atoms with Crippen LogP contribution in [0, 0.1) is 5.92 Å². The van der Waals surface area contributed by atoms with Crippen molar-refractivity contribution in [3.63, 3.8) is 0 Å². The van der Waals surface area contributed by atoms with Crippen molar-refractivity contribution >= 4 is 5.97 Å². The van der Waals surface area contributed by atoms with Gasteiger partial charge in [0.15, 0.2) is 0 Å². The second kappa shape index (κ2) is 6.15. The van der Waals surface area contributed by atoms with Crippen LogP contribution in [0.15, 0.2) is 18.3 Å². The highest BCUT2D eigenvalue weighted by Crippen LogP contribution is 2.25. The molecule has 4 heteroatoms. The second-order valence-electron chi connectivity index (χ2n) is 5.29. The van der Waals surface area contributed by atoms with E-state index in [0.29, 0.717) is 6.54 Å². The van der Waals surface area contributed by atoms with Crippen LogP contribution in [0.1, 0.15) is 44.0 Å². The summed E-state index contributed by atoms with van der Waals surface area (Å²) in [4.78, 5) is 17.8. The molecular formula is C15H22N2O2. The number of likely N-dealkylation sites (tertiary alicyclic amines) is 1. The largest absolute Gasteiger partial charge is 0.481 e. The van der Waals surface area contributed by atoms with Gasteiger partial charge in [-0.05, 0) is 44.4 Å². The number of carboxylic acids is 1. The normalized spacial score (nSPS) is 22.1. The lowest BCUT2D eigenvalue weighted by atomic mass is 9.96. The second-order valence-corrected chi connectivity index (χ2v) is 5.29. The lowest BCUT2D eigenvalue weighted by molar-refractivity contribution is -0.143. The van der Waals surface area contributed by atoms with Crippen LogP contribution in [-0.2, 0) is 11.2 Å². The van der Waals surface area contributed by atoms with Gasteiger partial charge in [-0.25, -0.2) is 0 Å². The molecule has 2 atom stereocenters. The molecule has 2 heterocycles. The Morgan fingerprint density at radius 2 is 2.37 bits per heavy atom. The summed E-state index contributed by atoms with van der Waals surface area (Å²) in [6.45, 7) is 5.82. The van der Waals surface area contributed by atoms with Crippen LogP contribution < -0.4 is 0 Å². The SMILES string of the molecule is CCc1ccc(C(C)N2CCCC(C(=O)O)C2)nc1. The van der Waals surface area contributed by atoms with E-state index in [0.717, 1.165) is 31.5 Å². The quantitative estimate of drug-likeness (QED) is 0.905. The number of nitrogens with zero attached hydrogens (tertiary/aromatic N) is 2. The summed E-state index contributed by atoms with van der Waals surface area (Å²) in [5.41, 5.74) is 2.27. The van der Waals surface area contributed by atoms with Gasteiger partial charge in [0.25, 0.3) is 0 Å². The smallest absolute Gasteiger partial charge is 0.307 e. The van der Waals surface area contributed by atoms with Gasteiger partial charge in [0.2, 0.25) is 0 Å². The minimum absolute atomic E-state index is 0.188. The van der Waals surface area contributed by atoms with E-state index in [-0.39, 0.29) is 12.0 Å². The Hall–Kier alpha value is -1.42. The maximum Gasteiger partial charge on any atom is 0.307 e. The molecule has 4 nitrogen and oxygen atoms in total. The minimum atomic E-state index is -0.675. The van der Waals surface area contributed by atoms with E-state index in [1.807, 2.05) is 6.20 Å². The van der Waals surface area contributed by atoms with Crippen LogP contribution in [0.4, 0.5) is 0 Å². The van der Waals surface area contributed by atoms with Crippen molar-refractivity contribution in [2.45, 2.75) is 39.2 Å². The van der Waals surface area contributed by atoms with Gasteiger partial charge >= 0.3 is 5.97 Å². The number of piperidine rings is 1. The molecule has 0 radical (unpaired) electrons. The maximum atomic E-state index is 11.1. The van der Waals surface area contributed by atoms with Gasteiger partial charge in [0.05, 0.1) is 11.6 Å². The first-order chi connectivity index (χ1) is 9.11. The first-order valence-electron chi connectivity index (χ1n) is 7.03. The van der Waals surface area contributed by atoms with Crippen LogP contribution in [-0.4, -0.2) is 34.0 Å². The fraction of sp³-hybridized carbons (Fsp3) is 0.600. The Bertz CT molecular complexity index is 430. The number of hydrogen-bond donors (Lipinski definition) is 1. The molecule has 1 saturated heterocycles. The van der Waals surface area contributed by atoms with Crippen LogP contribution in [0.2, 0.25) is 0 Å². The van der Waals surface area contributed by atoms with Crippen molar-refractivity contribution in [2.75, 3.05) is 13.1 Å². The van der Waals surface area contributed by atoms with E-state index < -0.39 is 5.97 Å². The summed E-state index contributed by atoms with van der Waals surface area (Å²) in [6.07, 6.45) is 4.66. The fourth-order valence-corrected chi connectivity index (χ4v) is 2.64. The van der Waals surface area contributed by atoms with Crippen molar-refractivity contribution < 1.29 is 9.90 Å². The molecule has 0 saturated carbocycles. The molecule has 19 heavy (non-hydrogen) atoms. The van der Waals surface area contributed by atoms with E-state index in [9.17, 15) is 4.79 Å². The Kier molecular flexibility index (Phi) is 4.53. The van der Waals surface area contributed by atoms with E-state index in [4.69, 9.17) is 5.11 Å². The number of carbonyl (C=O) groups is 1. The molecule has 0 amide bonds. The monoisotopic (exact) mass is 262 g/mol. The van der Waals surface area contributed by atoms with Gasteiger partial charge in [-0.15, -0.1) is 0 Å². The Morgan fingerprint density at radius 3 is 2.95 bits per heavy atom. The van der Waals surface area contributed by atoms with Crippen LogP contribution in [0.5, 0.6) is 0 Å². The van der Waals surface area contributed by atoms with Gasteiger partial charge in [-0.3, -0.25) is 14.7 Å². The van der Waals surface area contributed by atoms with Crippen molar-refractivity contribution in [1.82, 2.24) is 9.88 Å². The van der Waals surface area contributed by atoms with Crippen molar-refractivity contribution in [3.8, 4) is 0 Å². The maximum absolute atomic E-state index is 11.1. The van der Waals surface area contributed by atoms with Gasteiger partial charge in [-0.2, -0.15) is 0 Å². The van der Waals surface area contributed by atoms with Gasteiger partial charge in [0.1, 0.15) is 0 Å². The highest BCUT2D eigenvalue weighted by Gasteiger charge is 2.28. The van der Waals surface area contributed by atoms with E-state index in [2.05, 4.69) is 35.9 Å². The predicted molar refractivity (Wildman–Crippen MR) is 74.0 cm³/mol. The molecule has 104 valence electrons. The summed E-state index contributed by atoms with van der Waals surface area (Å²) < 4.78 is 0. The molecule has 1 aliphatic rings. The minimum Gasteiger partial charge on any atom is -0.481 e. The molecule has 2 unspecified atom stereocenters. The molecule has 1 fully saturated rings. The fourth-order valence-electron chi connectivity index (χ4n) is 2.64. The molecule has 0 aliphatic carbocycles. The van der Waals surface area contributed by atoms with Crippen LogP contribution in [0.3, 0.4) is 0 Å². The molecule has 1 aromatic rings. The number of aromatic nitrogens is 1. The average molecular weight is 262 g/mol. The number of aliphatic carboxylic acids is 1. The lowest BCUT2D eigenvalue weighted by Crippen LogP contribution is -2.40. The summed E-state index contributed by atoms with van der Waals surface area (Å²) in [5.74, 6) is -0.905. The standard InChI is InChI=1S/C15H22N2O2/c1-3-12-6-7-14(16-9-12)11(2)17-8-4-5-13(10-17)15(18)19/h6-7,9,11,13H,3-5,8,10H2,1-2H3,(H,18,19). The van der Waals surface area contributed by atoms with Gasteiger partial charge in [-0.1, -0.05) is 13.0 Å². The number of aryl methyl sites for hydroxylation is 1. The number of carboxylic acid groups (broad SMARTS) is 1. The highest BCUT2D eigenvalue weighted by molar-refractivity contribution is 5.70. The topological polar surface area (TPSA) is 53.4 Å². The summed E-state index contributed by atoms with van der Waals surface area (Å²) in [5, 5.41) is 9.13. The summed E-state index contributed by atoms with van der Waals surface area (Å²) in [6, 6.07) is 4.36. The molecule has 0 spiro atoms. The van der Waals surface area contributed by atoms with Crippen molar-refractivity contribution in [2.24, 2.45) is 5.92 Å². The third-order valence-electron chi connectivity index (χ3n) is 4.03. The highest BCUT2D eigenvalue weighted by atomic mass is 16.4. The molecule has 1 N–H and O–H groups in total. The van der Waals surface area contributed by atoms with Gasteiger partial charge in [0, 0.05) is 18.8 Å². The number of hydrogen-bond acceptors (Lipinski definition) is 3. The van der Waals surface area contributed by atoms with E-state index in [1.54, 1.807) is 0 Å². The zero-order valence-electron chi connectivity index (χ0n) is 11.7. The summed E-state index contributed by atoms with van der Waals surface area (Å²) in [7, 11) is 0. The Morgan fingerprint density at radius 1 is 1.58 bits per heavy atom. The molecule has 0 bridgehead atoms. The Labute approximate surface area is 114 Å². The number of pyridine rings is 1. The zero-order chi connectivity index (χ0) is 13.8. The van der Waals surface area contributed by atoms with Gasteiger partial charge < -0.3 is 5.11 Å². The van der Waals surface area contributed by atoms with E-state index >= 15 is 0 Å². The molecule has 2 rings (SSSR count). The van der Waals surface area contributed by atoms with Crippen molar-refractivity contribution in [3.05, 3.63) is 29.6 Å². The molecule has 1 aliphatic heterocycles. The summed E-state index contributed by atoms with van der Waals surface area (Å²) >= 11 is 0. The Balaban J connectivity index is 2.05. The van der Waals surface area contributed by atoms with Crippen LogP contribution >= 0.6 is 0 Å². The van der Waals surface area contributed by atoms with E-state index in [1.165, 1.54) is 5.56 Å². The molecule has 1 aromatic heterocycles. The third kappa shape index (κ3) is 3.32. The predicted octanol–water partition coefficient (Wildman–Crippen LogP) is 2.50. The first kappa shape index (κ1) is 14.0. The molecular weight excluding hydrogens is 240 g/mol. The third-order valence-corrected chi connectivity index (χ3v) is 4.03. The lowest BCUT2D eigenvalue weighted by Gasteiger charge is -2.35. The molecule has 0 aromatic carbocycles. The zero-order valence-corrected chi connectivity index (χ0v) is 11.7. The number of rotatable bonds is 4. The van der Waals surface area contributed by atoms with Crippen molar-refractivity contribution in [1.29, 1.82) is 0 Å². The first-order valence-corrected chi connectivity index (χ1v) is 7.03. The average Bonchev–Trinajstić information content (AvgIpc) is 2.46.